The summed E-state index contributed by atoms with van der Waals surface area (Å²) in [5.74, 6) is -0.801. The molecule has 0 saturated carbocycles. The van der Waals surface area contributed by atoms with Crippen molar-refractivity contribution in [3.05, 3.63) is 72.1 Å². The predicted molar refractivity (Wildman–Crippen MR) is 98.0 cm³/mol. The second-order valence-corrected chi connectivity index (χ2v) is 6.19. The van der Waals surface area contributed by atoms with Gasteiger partial charge in [-0.15, -0.1) is 0 Å². The van der Waals surface area contributed by atoms with E-state index in [1.165, 1.54) is 0 Å². The van der Waals surface area contributed by atoms with Gasteiger partial charge in [-0.1, -0.05) is 48.6 Å². The number of nitrogens with zero attached hydrogens (tertiary/aromatic N) is 3. The number of carboxylic acid groups (broad SMARTS) is 1. The van der Waals surface area contributed by atoms with Crippen molar-refractivity contribution in [1.82, 2.24) is 14.8 Å². The van der Waals surface area contributed by atoms with Crippen molar-refractivity contribution in [2.45, 2.75) is 12.6 Å². The average molecular weight is 337 g/mol. The van der Waals surface area contributed by atoms with Crippen LogP contribution in [0.5, 0.6) is 0 Å². The minimum absolute atomic E-state index is 0.586. The zero-order valence-corrected chi connectivity index (χ0v) is 14.2. The van der Waals surface area contributed by atoms with Gasteiger partial charge in [-0.3, -0.25) is 19.6 Å². The summed E-state index contributed by atoms with van der Waals surface area (Å²) in [4.78, 5) is 20.4. The fraction of sp³-hybridized carbons (Fsp3) is 0.300. The lowest BCUT2D eigenvalue weighted by atomic mass is 10.1. The monoisotopic (exact) mass is 337 g/mol. The van der Waals surface area contributed by atoms with E-state index in [1.807, 2.05) is 59.5 Å². The lowest BCUT2D eigenvalue weighted by molar-refractivity contribution is -0.142. The number of hydrogen-bond acceptors (Lipinski definition) is 4. The van der Waals surface area contributed by atoms with Gasteiger partial charge >= 0.3 is 5.97 Å². The van der Waals surface area contributed by atoms with Crippen LogP contribution in [0.15, 0.2) is 60.8 Å². The highest BCUT2D eigenvalue weighted by Gasteiger charge is 2.26. The molecule has 2 aromatic rings. The van der Waals surface area contributed by atoms with Crippen LogP contribution >= 0.6 is 0 Å². The molecule has 1 saturated heterocycles. The van der Waals surface area contributed by atoms with Crippen molar-refractivity contribution in [3.8, 4) is 0 Å². The quantitative estimate of drug-likeness (QED) is 0.877. The number of benzene rings is 1. The van der Waals surface area contributed by atoms with E-state index in [2.05, 4.69) is 9.88 Å². The number of hydrogen-bond donors (Lipinski definition) is 1. The smallest absolute Gasteiger partial charge is 0.324 e. The van der Waals surface area contributed by atoms with Crippen LogP contribution in [0.4, 0.5) is 0 Å². The molecule has 0 aliphatic carbocycles. The Bertz CT molecular complexity index is 695. The Hall–Kier alpha value is -2.50. The number of aromatic nitrogens is 1. The molecular weight excluding hydrogens is 314 g/mol. The van der Waals surface area contributed by atoms with Crippen LogP contribution in [0.1, 0.15) is 11.3 Å². The maximum absolute atomic E-state index is 11.7. The number of rotatable bonds is 6. The Morgan fingerprint density at radius 3 is 2.44 bits per heavy atom. The van der Waals surface area contributed by atoms with Gasteiger partial charge in [0.25, 0.3) is 0 Å². The van der Waals surface area contributed by atoms with Crippen molar-refractivity contribution in [3.63, 3.8) is 0 Å². The van der Waals surface area contributed by atoms with Crippen LogP contribution < -0.4 is 0 Å². The molecule has 1 fully saturated rings. The topological polar surface area (TPSA) is 56.7 Å². The third-order valence-electron chi connectivity index (χ3n) is 4.44. The summed E-state index contributed by atoms with van der Waals surface area (Å²) in [5, 5.41) is 9.59. The third kappa shape index (κ3) is 4.98. The molecule has 0 radical (unpaired) electrons. The highest BCUT2D eigenvalue weighted by Crippen LogP contribution is 2.12. The molecule has 130 valence electrons. The molecule has 2 heterocycles. The second-order valence-electron chi connectivity index (χ2n) is 6.19. The van der Waals surface area contributed by atoms with Crippen molar-refractivity contribution in [2.75, 3.05) is 26.2 Å². The van der Waals surface area contributed by atoms with Crippen molar-refractivity contribution >= 4 is 12.0 Å². The van der Waals surface area contributed by atoms with E-state index in [4.69, 9.17) is 0 Å². The molecule has 25 heavy (non-hydrogen) atoms. The van der Waals surface area contributed by atoms with E-state index >= 15 is 0 Å². The maximum Gasteiger partial charge on any atom is 0.324 e. The molecule has 0 amide bonds. The predicted octanol–water partition coefficient (Wildman–Crippen LogP) is 2.37. The first-order chi connectivity index (χ1) is 12.2. The zero-order chi connectivity index (χ0) is 17.5. The van der Waals surface area contributed by atoms with E-state index in [9.17, 15) is 9.90 Å². The largest absolute Gasteiger partial charge is 0.480 e. The summed E-state index contributed by atoms with van der Waals surface area (Å²) in [7, 11) is 0. The highest BCUT2D eigenvalue weighted by molar-refractivity contribution is 5.77. The normalized spacial score (nSPS) is 17.6. The first-order valence-electron chi connectivity index (χ1n) is 8.55. The third-order valence-corrected chi connectivity index (χ3v) is 4.44. The summed E-state index contributed by atoms with van der Waals surface area (Å²) in [6, 6.07) is 15.1. The van der Waals surface area contributed by atoms with Gasteiger partial charge in [0, 0.05) is 38.9 Å². The van der Waals surface area contributed by atoms with Crippen LogP contribution in [0.25, 0.3) is 6.08 Å². The van der Waals surface area contributed by atoms with Crippen LogP contribution in [-0.2, 0) is 11.3 Å². The van der Waals surface area contributed by atoms with Crippen LogP contribution in [-0.4, -0.2) is 58.1 Å². The fourth-order valence-electron chi connectivity index (χ4n) is 3.05. The number of carbonyl (C=O) groups is 1. The molecule has 1 aliphatic heterocycles. The van der Waals surface area contributed by atoms with Gasteiger partial charge in [0.15, 0.2) is 0 Å². The molecule has 1 aromatic heterocycles. The number of piperazine rings is 1. The van der Waals surface area contributed by atoms with Gasteiger partial charge in [-0.2, -0.15) is 0 Å². The molecule has 1 aromatic carbocycles. The Morgan fingerprint density at radius 2 is 1.80 bits per heavy atom. The van der Waals surface area contributed by atoms with Gasteiger partial charge in [0.1, 0.15) is 6.04 Å². The summed E-state index contributed by atoms with van der Waals surface area (Å²) in [5.41, 5.74) is 2.07. The van der Waals surface area contributed by atoms with Crippen molar-refractivity contribution in [1.29, 1.82) is 0 Å². The van der Waals surface area contributed by atoms with Crippen molar-refractivity contribution < 1.29 is 9.90 Å². The van der Waals surface area contributed by atoms with Gasteiger partial charge in [0.05, 0.1) is 5.69 Å². The van der Waals surface area contributed by atoms with Gasteiger partial charge in [-0.05, 0) is 17.7 Å². The molecule has 0 spiro atoms. The van der Waals surface area contributed by atoms with Crippen LogP contribution in [0.3, 0.4) is 0 Å². The van der Waals surface area contributed by atoms with E-state index in [-0.39, 0.29) is 0 Å². The SMILES string of the molecule is O=C(O)C(/C=C/c1ccccc1)N1CCN(Cc2ccccn2)CC1. The van der Waals surface area contributed by atoms with Crippen LogP contribution in [0.2, 0.25) is 0 Å². The first kappa shape index (κ1) is 17.3. The minimum Gasteiger partial charge on any atom is -0.480 e. The lowest BCUT2D eigenvalue weighted by Gasteiger charge is -2.36. The molecule has 5 nitrogen and oxygen atoms in total. The number of pyridine rings is 1. The summed E-state index contributed by atoms with van der Waals surface area (Å²) >= 11 is 0. The second kappa shape index (κ2) is 8.55. The van der Waals surface area contributed by atoms with E-state index in [0.29, 0.717) is 0 Å². The molecule has 3 rings (SSSR count). The lowest BCUT2D eigenvalue weighted by Crippen LogP contribution is -2.51. The molecule has 5 heteroatoms. The van der Waals surface area contributed by atoms with Gasteiger partial charge in [0.2, 0.25) is 0 Å². The molecule has 1 aliphatic rings. The molecule has 0 bridgehead atoms. The summed E-state index contributed by atoms with van der Waals surface area (Å²) in [6.07, 6.45) is 5.48. The standard InChI is InChI=1S/C20H23N3O2/c24-20(25)19(10-9-17-6-2-1-3-7-17)23-14-12-22(13-15-23)16-18-8-4-5-11-21-18/h1-11,19H,12-16H2,(H,24,25)/b10-9+. The van der Waals surface area contributed by atoms with E-state index in [0.717, 1.165) is 44.0 Å². The average Bonchev–Trinajstić information content (AvgIpc) is 2.65. The van der Waals surface area contributed by atoms with Gasteiger partial charge in [-0.25, -0.2) is 0 Å². The fourth-order valence-corrected chi connectivity index (χ4v) is 3.05. The molecule has 1 atom stereocenters. The number of aliphatic carboxylic acids is 1. The van der Waals surface area contributed by atoms with Gasteiger partial charge < -0.3 is 5.11 Å². The molecular formula is C20H23N3O2. The Balaban J connectivity index is 1.57. The number of carboxylic acids is 1. The van der Waals surface area contributed by atoms with Crippen molar-refractivity contribution in [2.24, 2.45) is 0 Å². The van der Waals surface area contributed by atoms with E-state index < -0.39 is 12.0 Å². The van der Waals surface area contributed by atoms with E-state index in [1.54, 1.807) is 12.3 Å². The maximum atomic E-state index is 11.7. The van der Waals surface area contributed by atoms with Crippen LogP contribution in [0, 0.1) is 0 Å². The summed E-state index contributed by atoms with van der Waals surface area (Å²) < 4.78 is 0. The first-order valence-corrected chi connectivity index (χ1v) is 8.55. The molecule has 1 unspecified atom stereocenters. The molecule has 1 N–H and O–H groups in total. The Morgan fingerprint density at radius 1 is 1.08 bits per heavy atom. The summed E-state index contributed by atoms with van der Waals surface area (Å²) in [6.45, 7) is 3.98. The minimum atomic E-state index is -0.801. The Labute approximate surface area is 148 Å². The zero-order valence-electron chi connectivity index (χ0n) is 14.2. The highest BCUT2D eigenvalue weighted by atomic mass is 16.4. The Kier molecular flexibility index (Phi) is 5.93.